The van der Waals surface area contributed by atoms with E-state index in [4.69, 9.17) is 11.7 Å². The molecular weight excluding hydrogens is 428 g/mol. The first-order chi connectivity index (χ1) is 15.2. The van der Waals surface area contributed by atoms with Gasteiger partial charge in [0.1, 0.15) is 0 Å². The molecule has 4 aromatic rings. The van der Waals surface area contributed by atoms with Crippen LogP contribution in [0.2, 0.25) is 0 Å². The molecule has 2 aromatic heterocycles. The summed E-state index contributed by atoms with van der Waals surface area (Å²) in [5.41, 5.74) is 2.32. The third-order valence-electron chi connectivity index (χ3n) is 4.63. The van der Waals surface area contributed by atoms with Crippen LogP contribution in [0.5, 0.6) is 0 Å². The van der Waals surface area contributed by atoms with Gasteiger partial charge in [0.2, 0.25) is 10.3 Å². The van der Waals surface area contributed by atoms with Gasteiger partial charge in [-0.15, -0.1) is 20.4 Å². The second-order valence-electron chi connectivity index (χ2n) is 6.91. The van der Waals surface area contributed by atoms with Crippen LogP contribution < -0.4 is 11.7 Å². The summed E-state index contributed by atoms with van der Waals surface area (Å²) in [6.45, 7) is 0. The lowest BCUT2D eigenvalue weighted by atomic mass is 10.1. The molecule has 0 radical (unpaired) electrons. The van der Waals surface area contributed by atoms with Crippen LogP contribution in [0.15, 0.2) is 71.0 Å². The Morgan fingerprint density at radius 3 is 1.45 bits per heavy atom. The van der Waals surface area contributed by atoms with Crippen LogP contribution in [0.3, 0.4) is 0 Å². The van der Waals surface area contributed by atoms with Crippen molar-refractivity contribution in [1.82, 2.24) is 29.7 Å². The van der Waals surface area contributed by atoms with Crippen LogP contribution in [0, 0.1) is 0 Å². The van der Waals surface area contributed by atoms with Gasteiger partial charge < -0.3 is 11.7 Å². The molecule has 0 fully saturated rings. The lowest BCUT2D eigenvalue weighted by molar-refractivity contribution is 0.803. The van der Waals surface area contributed by atoms with E-state index in [1.807, 2.05) is 36.4 Å². The topological polar surface area (TPSA) is 113 Å². The fourth-order valence-electron chi connectivity index (χ4n) is 3.00. The molecule has 0 saturated heterocycles. The largest absolute Gasteiger partial charge is 0.336 e. The van der Waals surface area contributed by atoms with Crippen molar-refractivity contribution in [3.63, 3.8) is 0 Å². The predicted molar refractivity (Wildman–Crippen MR) is 125 cm³/mol. The monoisotopic (exact) mass is 452 g/mol. The summed E-state index contributed by atoms with van der Waals surface area (Å²) in [6, 6.07) is 20.2. The number of nitrogens with two attached hydrogens (primary N) is 2. The number of benzene rings is 2. The molecule has 160 valence electrons. The molecule has 0 aliphatic heterocycles. The summed E-state index contributed by atoms with van der Waals surface area (Å²) >= 11 is 3.20. The van der Waals surface area contributed by atoms with E-state index in [9.17, 15) is 0 Å². The summed E-state index contributed by atoms with van der Waals surface area (Å²) in [5.74, 6) is 15.6. The first-order valence-electron chi connectivity index (χ1n) is 9.93. The zero-order valence-corrected chi connectivity index (χ0v) is 18.6. The van der Waals surface area contributed by atoms with Gasteiger partial charge in [0, 0.05) is 24.3 Å². The van der Waals surface area contributed by atoms with Gasteiger partial charge >= 0.3 is 0 Å². The van der Waals surface area contributed by atoms with Gasteiger partial charge in [-0.2, -0.15) is 0 Å². The minimum absolute atomic E-state index is 0.665. The van der Waals surface area contributed by atoms with Gasteiger partial charge in [-0.1, -0.05) is 84.2 Å². The van der Waals surface area contributed by atoms with Crippen molar-refractivity contribution in [2.45, 2.75) is 29.6 Å². The first-order valence-corrected chi connectivity index (χ1v) is 11.9. The number of rotatable bonds is 10. The van der Waals surface area contributed by atoms with Crippen molar-refractivity contribution in [2.24, 2.45) is 0 Å². The number of nitrogens with zero attached hydrogens (tertiary/aromatic N) is 6. The second-order valence-corrected chi connectivity index (χ2v) is 9.04. The summed E-state index contributed by atoms with van der Waals surface area (Å²) in [7, 11) is 0. The molecule has 0 bridgehead atoms. The molecule has 10 heteroatoms. The Morgan fingerprint density at radius 1 is 0.613 bits per heavy atom. The average molecular weight is 453 g/mol. The zero-order valence-electron chi connectivity index (χ0n) is 17.0. The molecule has 31 heavy (non-hydrogen) atoms. The number of hydrogen-bond acceptors (Lipinski definition) is 8. The fraction of sp³-hybridized carbons (Fsp3) is 0.238. The third kappa shape index (κ3) is 5.59. The van der Waals surface area contributed by atoms with Crippen molar-refractivity contribution in [2.75, 3.05) is 23.2 Å². The van der Waals surface area contributed by atoms with E-state index in [0.29, 0.717) is 12.8 Å². The summed E-state index contributed by atoms with van der Waals surface area (Å²) < 4.78 is 3.16. The van der Waals surface area contributed by atoms with Gasteiger partial charge in [0.05, 0.1) is 0 Å². The molecule has 2 aromatic carbocycles. The smallest absolute Gasteiger partial charge is 0.209 e. The molecule has 0 atom stereocenters. The molecule has 0 aliphatic carbocycles. The van der Waals surface area contributed by atoms with E-state index >= 15 is 0 Å². The maximum atomic E-state index is 6.17. The van der Waals surface area contributed by atoms with Crippen LogP contribution in [-0.4, -0.2) is 41.3 Å². The number of thioether (sulfide) groups is 2. The number of hydrogen-bond donors (Lipinski definition) is 2. The highest BCUT2D eigenvalue weighted by Gasteiger charge is 2.12. The minimum Gasteiger partial charge on any atom is -0.336 e. The Morgan fingerprint density at radius 2 is 1.03 bits per heavy atom. The van der Waals surface area contributed by atoms with Crippen molar-refractivity contribution < 1.29 is 0 Å². The Labute approximate surface area is 189 Å². The van der Waals surface area contributed by atoms with E-state index in [1.54, 1.807) is 32.9 Å². The molecule has 0 unspecified atom stereocenters. The van der Waals surface area contributed by atoms with Crippen LogP contribution in [0.1, 0.15) is 29.2 Å². The van der Waals surface area contributed by atoms with E-state index in [2.05, 4.69) is 44.7 Å². The normalized spacial score (nSPS) is 11.1. The molecular formula is C21H24N8S2. The molecule has 0 spiro atoms. The zero-order chi connectivity index (χ0) is 21.5. The van der Waals surface area contributed by atoms with Gasteiger partial charge in [0.25, 0.3) is 0 Å². The van der Waals surface area contributed by atoms with E-state index in [-0.39, 0.29) is 0 Å². The highest BCUT2D eigenvalue weighted by Crippen LogP contribution is 2.21. The highest BCUT2D eigenvalue weighted by molar-refractivity contribution is 8.00. The molecule has 0 aliphatic rings. The fourth-order valence-corrected chi connectivity index (χ4v) is 4.81. The summed E-state index contributed by atoms with van der Waals surface area (Å²) in [5, 5.41) is 18.4. The van der Waals surface area contributed by atoms with Gasteiger partial charge in [-0.25, -0.2) is 9.35 Å². The predicted octanol–water partition coefficient (Wildman–Crippen LogP) is 2.75. The standard InChI is InChI=1S/C21H24N8S2/c22-28-18(14-16-8-3-1-4-9-16)24-26-20(28)30-12-7-13-31-21-27-25-19(29(21)23)15-17-10-5-2-6-11-17/h1-6,8-11H,7,12-15,22-23H2. The quantitative estimate of drug-likeness (QED) is 0.214. The lowest BCUT2D eigenvalue weighted by Crippen LogP contribution is -2.15. The van der Waals surface area contributed by atoms with E-state index in [1.165, 1.54) is 0 Å². The van der Waals surface area contributed by atoms with Gasteiger partial charge in [-0.05, 0) is 17.5 Å². The van der Waals surface area contributed by atoms with Crippen molar-refractivity contribution in [3.05, 3.63) is 83.4 Å². The van der Waals surface area contributed by atoms with Crippen LogP contribution in [0.25, 0.3) is 0 Å². The first kappa shape index (κ1) is 21.3. The number of nitrogen functional groups attached to an aromatic ring is 2. The molecule has 4 rings (SSSR count). The van der Waals surface area contributed by atoms with Crippen LogP contribution in [0.4, 0.5) is 0 Å². The summed E-state index contributed by atoms with van der Waals surface area (Å²) in [6.07, 6.45) is 2.29. The Kier molecular flexibility index (Phi) is 7.11. The van der Waals surface area contributed by atoms with Crippen LogP contribution in [-0.2, 0) is 12.8 Å². The Hall–Kier alpha value is -2.98. The maximum absolute atomic E-state index is 6.17. The minimum atomic E-state index is 0.665. The van der Waals surface area contributed by atoms with E-state index < -0.39 is 0 Å². The Bertz CT molecular complexity index is 1010. The maximum Gasteiger partial charge on any atom is 0.209 e. The number of aromatic nitrogens is 6. The van der Waals surface area contributed by atoms with Crippen molar-refractivity contribution in [1.29, 1.82) is 0 Å². The molecule has 2 heterocycles. The van der Waals surface area contributed by atoms with E-state index in [0.717, 1.165) is 51.0 Å². The SMILES string of the molecule is Nn1c(Cc2ccccc2)nnc1SCCCSc1nnc(Cc2ccccc2)n1N. The molecule has 0 saturated carbocycles. The summed E-state index contributed by atoms with van der Waals surface area (Å²) in [4.78, 5) is 0. The lowest BCUT2D eigenvalue weighted by Gasteiger charge is -2.05. The molecule has 4 N–H and O–H groups in total. The van der Waals surface area contributed by atoms with Crippen molar-refractivity contribution in [3.8, 4) is 0 Å². The second kappa shape index (κ2) is 10.4. The molecule has 8 nitrogen and oxygen atoms in total. The Balaban J connectivity index is 1.22. The van der Waals surface area contributed by atoms with Crippen LogP contribution >= 0.6 is 23.5 Å². The highest BCUT2D eigenvalue weighted by atomic mass is 32.2. The molecule has 0 amide bonds. The third-order valence-corrected chi connectivity index (χ3v) is 6.69. The van der Waals surface area contributed by atoms with Crippen molar-refractivity contribution >= 4 is 23.5 Å². The van der Waals surface area contributed by atoms with Gasteiger partial charge in [-0.3, -0.25) is 0 Å². The van der Waals surface area contributed by atoms with Gasteiger partial charge in [0.15, 0.2) is 11.6 Å². The average Bonchev–Trinajstić information content (AvgIpc) is 3.32.